The first-order valence-electron chi connectivity index (χ1n) is 7.15. The smallest absolute Gasteiger partial charge is 0.0741 e. The van der Waals surface area contributed by atoms with E-state index in [4.69, 9.17) is 4.98 Å². The zero-order chi connectivity index (χ0) is 14.1. The van der Waals surface area contributed by atoms with Crippen molar-refractivity contribution in [2.45, 2.75) is 27.2 Å². The first-order valence-corrected chi connectivity index (χ1v) is 7.15. The Kier molecular flexibility index (Phi) is 3.27. The summed E-state index contributed by atoms with van der Waals surface area (Å²) in [7, 11) is 0. The summed E-state index contributed by atoms with van der Waals surface area (Å²) in [6.07, 6.45) is 1.03. The summed E-state index contributed by atoms with van der Waals surface area (Å²) in [6, 6.07) is 17.1. The van der Waals surface area contributed by atoms with Crippen molar-refractivity contribution >= 4 is 10.9 Å². The maximum absolute atomic E-state index is 4.89. The monoisotopic (exact) mass is 261 g/mol. The highest BCUT2D eigenvalue weighted by Gasteiger charge is 2.09. The summed E-state index contributed by atoms with van der Waals surface area (Å²) in [5.41, 5.74) is 7.33. The lowest BCUT2D eigenvalue weighted by Crippen LogP contribution is -1.94. The van der Waals surface area contributed by atoms with Crippen LogP contribution in [-0.4, -0.2) is 4.98 Å². The summed E-state index contributed by atoms with van der Waals surface area (Å²) in [5.74, 6) is 0. The molecule has 0 bridgehead atoms. The third-order valence-electron chi connectivity index (χ3n) is 3.78. The summed E-state index contributed by atoms with van der Waals surface area (Å²) in [6.45, 7) is 6.51. The summed E-state index contributed by atoms with van der Waals surface area (Å²) >= 11 is 0. The third-order valence-corrected chi connectivity index (χ3v) is 3.78. The van der Waals surface area contributed by atoms with E-state index in [0.717, 1.165) is 17.6 Å². The minimum absolute atomic E-state index is 1.03. The number of fused-ring (bicyclic) bond motifs is 1. The lowest BCUT2D eigenvalue weighted by Gasteiger charge is -2.11. The van der Waals surface area contributed by atoms with Crippen LogP contribution in [0.5, 0.6) is 0 Å². The van der Waals surface area contributed by atoms with Crippen molar-refractivity contribution in [2.24, 2.45) is 0 Å². The Morgan fingerprint density at radius 2 is 1.70 bits per heavy atom. The molecule has 0 amide bonds. The largest absolute Gasteiger partial charge is 0.247 e. The van der Waals surface area contributed by atoms with E-state index < -0.39 is 0 Å². The van der Waals surface area contributed by atoms with Crippen LogP contribution in [0, 0.1) is 13.8 Å². The lowest BCUT2D eigenvalue weighted by atomic mass is 9.98. The molecule has 3 aromatic rings. The molecule has 0 spiro atoms. The summed E-state index contributed by atoms with van der Waals surface area (Å²) < 4.78 is 0. The Bertz CT molecular complexity index is 758. The van der Waals surface area contributed by atoms with Crippen molar-refractivity contribution in [1.82, 2.24) is 4.98 Å². The van der Waals surface area contributed by atoms with Crippen molar-refractivity contribution in [3.8, 4) is 11.3 Å². The van der Waals surface area contributed by atoms with Gasteiger partial charge in [0.2, 0.25) is 0 Å². The highest BCUT2D eigenvalue weighted by molar-refractivity contribution is 5.88. The molecule has 1 heteroatoms. The Labute approximate surface area is 120 Å². The van der Waals surface area contributed by atoms with Crippen LogP contribution in [0.25, 0.3) is 22.2 Å². The number of aromatic nitrogens is 1. The first-order chi connectivity index (χ1) is 9.69. The third kappa shape index (κ3) is 2.20. The molecule has 0 aliphatic rings. The Hall–Kier alpha value is -2.15. The van der Waals surface area contributed by atoms with E-state index in [1.807, 2.05) is 6.07 Å². The van der Waals surface area contributed by atoms with Crippen molar-refractivity contribution in [2.75, 3.05) is 0 Å². The fraction of sp³-hybridized carbons (Fsp3) is 0.211. The van der Waals surface area contributed by atoms with E-state index in [9.17, 15) is 0 Å². The zero-order valence-electron chi connectivity index (χ0n) is 12.3. The molecule has 3 rings (SSSR count). The van der Waals surface area contributed by atoms with Gasteiger partial charge in [0.05, 0.1) is 11.2 Å². The molecule has 0 saturated heterocycles. The van der Waals surface area contributed by atoms with E-state index in [-0.39, 0.29) is 0 Å². The summed E-state index contributed by atoms with van der Waals surface area (Å²) in [5, 5.41) is 1.30. The van der Waals surface area contributed by atoms with E-state index in [1.54, 1.807) is 0 Å². The average molecular weight is 261 g/mol. The number of rotatable bonds is 2. The molecule has 0 aliphatic carbocycles. The van der Waals surface area contributed by atoms with Gasteiger partial charge in [-0.3, -0.25) is 0 Å². The van der Waals surface area contributed by atoms with Gasteiger partial charge in [-0.1, -0.05) is 48.9 Å². The second kappa shape index (κ2) is 5.09. The van der Waals surface area contributed by atoms with Crippen LogP contribution in [0.1, 0.15) is 23.6 Å². The molecule has 0 N–H and O–H groups in total. The van der Waals surface area contributed by atoms with Crippen LogP contribution in [0.4, 0.5) is 0 Å². The first kappa shape index (κ1) is 12.9. The molecule has 0 fully saturated rings. The van der Waals surface area contributed by atoms with Gasteiger partial charge in [-0.05, 0) is 43.5 Å². The number of hydrogen-bond donors (Lipinski definition) is 0. The molecule has 2 aromatic carbocycles. The molecule has 0 atom stereocenters. The SMILES string of the molecule is CCc1cc(-c2ccccc2)nc2c(C)cc(C)cc12. The van der Waals surface area contributed by atoms with Crippen LogP contribution >= 0.6 is 0 Å². The fourth-order valence-electron chi connectivity index (χ4n) is 2.80. The van der Waals surface area contributed by atoms with Gasteiger partial charge in [0, 0.05) is 10.9 Å². The Morgan fingerprint density at radius 3 is 2.40 bits per heavy atom. The molecule has 1 heterocycles. The molecule has 1 nitrogen and oxygen atoms in total. The molecule has 0 unspecified atom stereocenters. The Morgan fingerprint density at radius 1 is 0.950 bits per heavy atom. The quantitative estimate of drug-likeness (QED) is 0.626. The van der Waals surface area contributed by atoms with Crippen LogP contribution in [0.2, 0.25) is 0 Å². The molecule has 0 aliphatic heterocycles. The molecule has 20 heavy (non-hydrogen) atoms. The van der Waals surface area contributed by atoms with E-state index in [1.165, 1.54) is 27.6 Å². The highest BCUT2D eigenvalue weighted by Crippen LogP contribution is 2.28. The van der Waals surface area contributed by atoms with Crippen molar-refractivity contribution in [3.63, 3.8) is 0 Å². The van der Waals surface area contributed by atoms with Crippen molar-refractivity contribution < 1.29 is 0 Å². The summed E-state index contributed by atoms with van der Waals surface area (Å²) in [4.78, 5) is 4.89. The predicted octanol–water partition coefficient (Wildman–Crippen LogP) is 5.08. The van der Waals surface area contributed by atoms with Gasteiger partial charge in [-0.25, -0.2) is 4.98 Å². The van der Waals surface area contributed by atoms with Gasteiger partial charge in [-0.2, -0.15) is 0 Å². The lowest BCUT2D eigenvalue weighted by molar-refractivity contribution is 1.15. The minimum Gasteiger partial charge on any atom is -0.247 e. The topological polar surface area (TPSA) is 12.9 Å². The number of aryl methyl sites for hydroxylation is 3. The molecular formula is C19H19N. The second-order valence-corrected chi connectivity index (χ2v) is 5.36. The normalized spacial score (nSPS) is 10.9. The van der Waals surface area contributed by atoms with Crippen LogP contribution < -0.4 is 0 Å². The van der Waals surface area contributed by atoms with Crippen LogP contribution in [0.15, 0.2) is 48.5 Å². The minimum atomic E-state index is 1.03. The molecular weight excluding hydrogens is 242 g/mol. The predicted molar refractivity (Wildman–Crippen MR) is 86.0 cm³/mol. The second-order valence-electron chi connectivity index (χ2n) is 5.36. The standard InChI is InChI=1S/C19H19N/c1-4-15-12-18(16-8-6-5-7-9-16)20-19-14(3)10-13(2)11-17(15)19/h5-12H,4H2,1-3H3. The van der Waals surface area contributed by atoms with Gasteiger partial charge < -0.3 is 0 Å². The van der Waals surface area contributed by atoms with E-state index >= 15 is 0 Å². The van der Waals surface area contributed by atoms with Gasteiger partial charge in [0.25, 0.3) is 0 Å². The van der Waals surface area contributed by atoms with Gasteiger partial charge >= 0.3 is 0 Å². The van der Waals surface area contributed by atoms with Gasteiger partial charge in [-0.15, -0.1) is 0 Å². The van der Waals surface area contributed by atoms with Crippen molar-refractivity contribution in [1.29, 1.82) is 0 Å². The molecule has 1 aromatic heterocycles. The highest BCUT2D eigenvalue weighted by atomic mass is 14.7. The van der Waals surface area contributed by atoms with Crippen LogP contribution in [-0.2, 0) is 6.42 Å². The zero-order valence-corrected chi connectivity index (χ0v) is 12.3. The molecule has 100 valence electrons. The number of benzene rings is 2. The maximum atomic E-state index is 4.89. The number of hydrogen-bond acceptors (Lipinski definition) is 1. The van der Waals surface area contributed by atoms with E-state index in [2.05, 4.69) is 63.2 Å². The number of nitrogens with zero attached hydrogens (tertiary/aromatic N) is 1. The maximum Gasteiger partial charge on any atom is 0.0741 e. The van der Waals surface area contributed by atoms with E-state index in [0.29, 0.717) is 0 Å². The molecule has 0 saturated carbocycles. The van der Waals surface area contributed by atoms with Crippen molar-refractivity contribution in [3.05, 3.63) is 65.2 Å². The molecule has 0 radical (unpaired) electrons. The Balaban J connectivity index is 2.32. The fourth-order valence-corrected chi connectivity index (χ4v) is 2.80. The van der Waals surface area contributed by atoms with Gasteiger partial charge in [0.15, 0.2) is 0 Å². The average Bonchev–Trinajstić information content (AvgIpc) is 2.47. The van der Waals surface area contributed by atoms with Gasteiger partial charge in [0.1, 0.15) is 0 Å². The number of pyridine rings is 1. The van der Waals surface area contributed by atoms with Crippen LogP contribution in [0.3, 0.4) is 0 Å².